The van der Waals surface area contributed by atoms with Crippen LogP contribution in [0, 0.1) is 0 Å². The van der Waals surface area contributed by atoms with Crippen molar-refractivity contribution in [1.29, 1.82) is 0 Å². The molecule has 2 aromatic heterocycles. The molecule has 2 heterocycles. The van der Waals surface area contributed by atoms with Gasteiger partial charge in [0.25, 0.3) is 0 Å². The molecule has 0 spiro atoms. The van der Waals surface area contributed by atoms with Crippen molar-refractivity contribution in [3.63, 3.8) is 0 Å². The summed E-state index contributed by atoms with van der Waals surface area (Å²) in [5.74, 6) is 1.94. The lowest BCUT2D eigenvalue weighted by Gasteiger charge is -2.11. The number of benzene rings is 2. The van der Waals surface area contributed by atoms with Crippen molar-refractivity contribution in [2.45, 2.75) is 36.6 Å². The lowest BCUT2D eigenvalue weighted by atomic mass is 10.1. The van der Waals surface area contributed by atoms with Gasteiger partial charge in [0.1, 0.15) is 11.4 Å². The molecule has 4 aromatic rings. The van der Waals surface area contributed by atoms with Gasteiger partial charge in [0, 0.05) is 40.6 Å². The highest BCUT2D eigenvalue weighted by Crippen LogP contribution is 2.41. The SMILES string of the molecule is CCOC(=O)Nc1ccc2c(CSc3nnc(C4CC4)n3-c3ccccc3)cc(=O)oc2c1. The molecule has 1 amide bonds. The van der Waals surface area contributed by atoms with Crippen LogP contribution in [-0.4, -0.2) is 27.5 Å². The standard InChI is InChI=1S/C24H22N4O4S/c1-2-31-24(30)25-17-10-11-19-16(12-21(29)32-20(19)13-17)14-33-23-27-26-22(15-8-9-15)28(23)18-6-4-3-5-7-18/h3-7,10-13,15H,2,8-9,14H2,1H3,(H,25,30). The van der Waals surface area contributed by atoms with Gasteiger partial charge in [-0.05, 0) is 49.6 Å². The van der Waals surface area contributed by atoms with Crippen molar-refractivity contribution in [2.24, 2.45) is 0 Å². The molecular weight excluding hydrogens is 440 g/mol. The Balaban J connectivity index is 1.43. The lowest BCUT2D eigenvalue weighted by molar-refractivity contribution is 0.168. The number of hydrogen-bond donors (Lipinski definition) is 1. The highest BCUT2D eigenvalue weighted by Gasteiger charge is 2.31. The molecule has 9 heteroatoms. The van der Waals surface area contributed by atoms with E-state index in [9.17, 15) is 9.59 Å². The molecule has 1 saturated carbocycles. The van der Waals surface area contributed by atoms with E-state index in [0.29, 0.717) is 22.9 Å². The molecule has 0 bridgehead atoms. The van der Waals surface area contributed by atoms with Gasteiger partial charge in [0.2, 0.25) is 0 Å². The molecule has 0 unspecified atom stereocenters. The van der Waals surface area contributed by atoms with Crippen LogP contribution in [0.15, 0.2) is 69.0 Å². The van der Waals surface area contributed by atoms with Crippen LogP contribution in [0.5, 0.6) is 0 Å². The van der Waals surface area contributed by atoms with Gasteiger partial charge >= 0.3 is 11.7 Å². The van der Waals surface area contributed by atoms with E-state index in [1.54, 1.807) is 19.1 Å². The Bertz CT molecular complexity index is 1360. The number of amides is 1. The largest absolute Gasteiger partial charge is 0.450 e. The predicted octanol–water partition coefficient (Wildman–Crippen LogP) is 5.11. The van der Waals surface area contributed by atoms with Crippen LogP contribution in [0.1, 0.15) is 37.1 Å². The summed E-state index contributed by atoms with van der Waals surface area (Å²) in [6.07, 6.45) is 1.70. The molecule has 1 N–H and O–H groups in total. The number of rotatable bonds is 7. The molecule has 5 rings (SSSR count). The second-order valence-corrected chi connectivity index (χ2v) is 8.66. The van der Waals surface area contributed by atoms with Gasteiger partial charge in [-0.1, -0.05) is 30.0 Å². The van der Waals surface area contributed by atoms with Gasteiger partial charge < -0.3 is 9.15 Å². The fourth-order valence-corrected chi connectivity index (χ4v) is 4.60. The minimum Gasteiger partial charge on any atom is -0.450 e. The smallest absolute Gasteiger partial charge is 0.411 e. The number of thioether (sulfide) groups is 1. The lowest BCUT2D eigenvalue weighted by Crippen LogP contribution is -2.13. The molecule has 168 valence electrons. The van der Waals surface area contributed by atoms with Crippen molar-refractivity contribution < 1.29 is 13.9 Å². The van der Waals surface area contributed by atoms with Crippen molar-refractivity contribution in [1.82, 2.24) is 14.8 Å². The second kappa shape index (κ2) is 9.11. The van der Waals surface area contributed by atoms with Crippen LogP contribution >= 0.6 is 11.8 Å². The Morgan fingerprint density at radius 2 is 2.00 bits per heavy atom. The molecule has 0 saturated heterocycles. The third kappa shape index (κ3) is 4.63. The van der Waals surface area contributed by atoms with Gasteiger partial charge in [-0.25, -0.2) is 9.59 Å². The van der Waals surface area contributed by atoms with Crippen molar-refractivity contribution in [3.05, 3.63) is 76.4 Å². The highest BCUT2D eigenvalue weighted by molar-refractivity contribution is 7.98. The molecule has 8 nitrogen and oxygen atoms in total. The van der Waals surface area contributed by atoms with Gasteiger partial charge in [-0.2, -0.15) is 0 Å². The molecule has 1 fully saturated rings. The first-order chi connectivity index (χ1) is 16.1. The minimum atomic E-state index is -0.558. The van der Waals surface area contributed by atoms with Gasteiger partial charge in [-0.3, -0.25) is 9.88 Å². The number of hydrogen-bond acceptors (Lipinski definition) is 7. The topological polar surface area (TPSA) is 99.2 Å². The van der Waals surface area contributed by atoms with E-state index in [4.69, 9.17) is 9.15 Å². The number of nitrogens with zero attached hydrogens (tertiary/aromatic N) is 3. The van der Waals surface area contributed by atoms with E-state index in [-0.39, 0.29) is 6.61 Å². The van der Waals surface area contributed by atoms with E-state index < -0.39 is 11.7 Å². The fraction of sp³-hybridized carbons (Fsp3) is 0.250. The van der Waals surface area contributed by atoms with Crippen molar-refractivity contribution >= 4 is 34.5 Å². The minimum absolute atomic E-state index is 0.270. The summed E-state index contributed by atoms with van der Waals surface area (Å²) >= 11 is 1.53. The zero-order valence-corrected chi connectivity index (χ0v) is 18.8. The Kier molecular flexibility index (Phi) is 5.87. The van der Waals surface area contributed by atoms with Crippen LogP contribution < -0.4 is 10.9 Å². The Morgan fingerprint density at radius 1 is 1.18 bits per heavy atom. The highest BCUT2D eigenvalue weighted by atomic mass is 32.2. The number of ether oxygens (including phenoxy) is 1. The molecule has 1 aliphatic rings. The van der Waals surface area contributed by atoms with E-state index in [1.165, 1.54) is 17.8 Å². The number of carbonyl (C=O) groups excluding carboxylic acids is 1. The van der Waals surface area contributed by atoms with Crippen LogP contribution in [0.4, 0.5) is 10.5 Å². The van der Waals surface area contributed by atoms with E-state index in [0.717, 1.165) is 40.5 Å². The number of fused-ring (bicyclic) bond motifs is 1. The molecule has 33 heavy (non-hydrogen) atoms. The number of nitrogens with one attached hydrogen (secondary N) is 1. The van der Waals surface area contributed by atoms with Gasteiger partial charge in [0.15, 0.2) is 5.16 Å². The maximum atomic E-state index is 12.2. The maximum Gasteiger partial charge on any atom is 0.411 e. The van der Waals surface area contributed by atoms with Crippen LogP contribution in [0.2, 0.25) is 0 Å². The number of para-hydroxylation sites is 1. The normalized spacial score (nSPS) is 13.2. The Labute approximate surface area is 194 Å². The molecule has 1 aliphatic carbocycles. The summed E-state index contributed by atoms with van der Waals surface area (Å²) in [5.41, 5.74) is 2.29. The van der Waals surface area contributed by atoms with Crippen LogP contribution in [0.3, 0.4) is 0 Å². The van der Waals surface area contributed by atoms with E-state index >= 15 is 0 Å². The summed E-state index contributed by atoms with van der Waals surface area (Å²) in [6, 6.07) is 16.8. The zero-order chi connectivity index (χ0) is 22.8. The van der Waals surface area contributed by atoms with E-state index in [2.05, 4.69) is 20.1 Å². The maximum absolute atomic E-state index is 12.2. The molecule has 0 aliphatic heterocycles. The monoisotopic (exact) mass is 462 g/mol. The van der Waals surface area contributed by atoms with Gasteiger partial charge in [0.05, 0.1) is 6.61 Å². The summed E-state index contributed by atoms with van der Waals surface area (Å²) < 4.78 is 12.4. The summed E-state index contributed by atoms with van der Waals surface area (Å²) in [7, 11) is 0. The molecule has 0 radical (unpaired) electrons. The molecule has 2 aromatic carbocycles. The van der Waals surface area contributed by atoms with E-state index in [1.807, 2.05) is 36.4 Å². The molecular formula is C24H22N4O4S. The molecule has 0 atom stereocenters. The average molecular weight is 463 g/mol. The number of aromatic nitrogens is 3. The summed E-state index contributed by atoms with van der Waals surface area (Å²) in [6.45, 7) is 2.00. The summed E-state index contributed by atoms with van der Waals surface area (Å²) in [4.78, 5) is 23.9. The predicted molar refractivity (Wildman–Crippen MR) is 126 cm³/mol. The van der Waals surface area contributed by atoms with Crippen molar-refractivity contribution in [3.8, 4) is 5.69 Å². The number of anilines is 1. The second-order valence-electron chi connectivity index (χ2n) is 7.72. The summed E-state index contributed by atoms with van der Waals surface area (Å²) in [5, 5.41) is 13.1. The first kappa shape index (κ1) is 21.3. The van der Waals surface area contributed by atoms with Crippen LogP contribution in [-0.2, 0) is 10.5 Å². The first-order valence-corrected chi connectivity index (χ1v) is 11.7. The van der Waals surface area contributed by atoms with Gasteiger partial charge in [-0.15, -0.1) is 10.2 Å². The average Bonchev–Trinajstić information content (AvgIpc) is 3.57. The Hall–Kier alpha value is -3.59. The third-order valence-electron chi connectivity index (χ3n) is 5.32. The fourth-order valence-electron chi connectivity index (χ4n) is 3.65. The quantitative estimate of drug-likeness (QED) is 0.301. The Morgan fingerprint density at radius 3 is 2.76 bits per heavy atom. The third-order valence-corrected chi connectivity index (χ3v) is 6.30. The first-order valence-electron chi connectivity index (χ1n) is 10.8. The zero-order valence-electron chi connectivity index (χ0n) is 18.0. The van der Waals surface area contributed by atoms with Crippen LogP contribution in [0.25, 0.3) is 16.7 Å². The van der Waals surface area contributed by atoms with Crippen molar-refractivity contribution in [2.75, 3.05) is 11.9 Å². The number of carbonyl (C=O) groups is 1.